The normalized spacial score (nSPS) is 28.5. The molecule has 0 aliphatic heterocycles. The van der Waals surface area contributed by atoms with E-state index >= 15 is 0 Å². The summed E-state index contributed by atoms with van der Waals surface area (Å²) >= 11 is 0. The first-order valence-electron chi connectivity index (χ1n) is 4.84. The Labute approximate surface area is 78.7 Å². The highest BCUT2D eigenvalue weighted by atomic mass is 16.3. The standard InChI is InChI=1S/C9H18N2O2/c1-10-9(13)6-11-7-2-4-8(12)5-3-7/h7-8,11-12H,2-6H2,1H3,(H,10,13). The van der Waals surface area contributed by atoms with Crippen molar-refractivity contribution in [3.05, 3.63) is 0 Å². The molecule has 3 N–H and O–H groups in total. The summed E-state index contributed by atoms with van der Waals surface area (Å²) < 4.78 is 0. The predicted octanol–water partition coefficient (Wildman–Crippen LogP) is -0.374. The minimum absolute atomic E-state index is 0.0196. The van der Waals surface area contributed by atoms with Crippen molar-refractivity contribution >= 4 is 5.91 Å². The van der Waals surface area contributed by atoms with Crippen molar-refractivity contribution < 1.29 is 9.90 Å². The fourth-order valence-electron chi connectivity index (χ4n) is 1.61. The van der Waals surface area contributed by atoms with E-state index in [9.17, 15) is 9.90 Å². The Morgan fingerprint density at radius 1 is 1.38 bits per heavy atom. The van der Waals surface area contributed by atoms with Crippen LogP contribution in [0.1, 0.15) is 25.7 Å². The summed E-state index contributed by atoms with van der Waals surface area (Å²) in [6.07, 6.45) is 3.52. The lowest BCUT2D eigenvalue weighted by Crippen LogP contribution is -2.40. The molecule has 1 rings (SSSR count). The molecule has 4 nitrogen and oxygen atoms in total. The molecule has 0 bridgehead atoms. The maximum absolute atomic E-state index is 10.9. The first-order valence-corrected chi connectivity index (χ1v) is 4.84. The van der Waals surface area contributed by atoms with Gasteiger partial charge in [-0.25, -0.2) is 0 Å². The van der Waals surface area contributed by atoms with Gasteiger partial charge >= 0.3 is 0 Å². The van der Waals surface area contributed by atoms with E-state index in [4.69, 9.17) is 0 Å². The van der Waals surface area contributed by atoms with E-state index in [0.29, 0.717) is 12.6 Å². The van der Waals surface area contributed by atoms with Crippen molar-refractivity contribution in [2.45, 2.75) is 37.8 Å². The van der Waals surface area contributed by atoms with Crippen LogP contribution in [0, 0.1) is 0 Å². The van der Waals surface area contributed by atoms with Crippen LogP contribution in [-0.4, -0.2) is 36.8 Å². The summed E-state index contributed by atoms with van der Waals surface area (Å²) in [5.41, 5.74) is 0. The molecule has 0 unspecified atom stereocenters. The van der Waals surface area contributed by atoms with Gasteiger partial charge in [0.2, 0.25) is 5.91 Å². The van der Waals surface area contributed by atoms with Gasteiger partial charge < -0.3 is 15.7 Å². The first-order chi connectivity index (χ1) is 6.22. The molecule has 0 spiro atoms. The molecule has 0 atom stereocenters. The molecule has 1 fully saturated rings. The van der Waals surface area contributed by atoms with Crippen molar-refractivity contribution in [3.63, 3.8) is 0 Å². The van der Waals surface area contributed by atoms with Gasteiger partial charge in [-0.15, -0.1) is 0 Å². The summed E-state index contributed by atoms with van der Waals surface area (Å²) in [5.74, 6) is 0.0196. The molecule has 0 saturated heterocycles. The molecule has 0 aromatic heterocycles. The van der Waals surface area contributed by atoms with Crippen molar-refractivity contribution in [3.8, 4) is 0 Å². The highest BCUT2D eigenvalue weighted by Gasteiger charge is 2.18. The van der Waals surface area contributed by atoms with Crippen molar-refractivity contribution in [2.75, 3.05) is 13.6 Å². The fraction of sp³-hybridized carbons (Fsp3) is 0.889. The second-order valence-corrected chi connectivity index (χ2v) is 3.56. The number of nitrogens with one attached hydrogen (secondary N) is 2. The number of hydrogen-bond acceptors (Lipinski definition) is 3. The van der Waals surface area contributed by atoms with E-state index in [0.717, 1.165) is 25.7 Å². The van der Waals surface area contributed by atoms with E-state index in [1.807, 2.05) is 0 Å². The van der Waals surface area contributed by atoms with Gasteiger partial charge in [-0.3, -0.25) is 4.79 Å². The van der Waals surface area contributed by atoms with Crippen LogP contribution in [0.25, 0.3) is 0 Å². The lowest BCUT2D eigenvalue weighted by molar-refractivity contribution is -0.119. The summed E-state index contributed by atoms with van der Waals surface area (Å²) in [6, 6.07) is 0.403. The summed E-state index contributed by atoms with van der Waals surface area (Å²) in [7, 11) is 1.63. The molecule has 1 aliphatic carbocycles. The zero-order chi connectivity index (χ0) is 9.68. The average molecular weight is 186 g/mol. The number of aliphatic hydroxyl groups is 1. The molecule has 0 aromatic carbocycles. The van der Waals surface area contributed by atoms with E-state index in [-0.39, 0.29) is 12.0 Å². The number of carbonyl (C=O) groups excluding carboxylic acids is 1. The lowest BCUT2D eigenvalue weighted by Gasteiger charge is -2.25. The molecule has 76 valence electrons. The van der Waals surface area contributed by atoms with Crippen LogP contribution in [0.3, 0.4) is 0 Å². The minimum atomic E-state index is -0.127. The average Bonchev–Trinajstić information content (AvgIpc) is 2.16. The van der Waals surface area contributed by atoms with Gasteiger partial charge in [-0.1, -0.05) is 0 Å². The number of hydrogen-bond donors (Lipinski definition) is 3. The van der Waals surface area contributed by atoms with Gasteiger partial charge in [0.05, 0.1) is 12.6 Å². The highest BCUT2D eigenvalue weighted by Crippen LogP contribution is 2.17. The van der Waals surface area contributed by atoms with Gasteiger partial charge in [-0.2, -0.15) is 0 Å². The molecular weight excluding hydrogens is 168 g/mol. The molecule has 4 heteroatoms. The summed E-state index contributed by atoms with van der Waals surface area (Å²) in [5, 5.41) is 15.0. The first kappa shape index (κ1) is 10.5. The Balaban J connectivity index is 2.12. The van der Waals surface area contributed by atoms with Crippen LogP contribution in [-0.2, 0) is 4.79 Å². The van der Waals surface area contributed by atoms with Crippen molar-refractivity contribution in [1.82, 2.24) is 10.6 Å². The van der Waals surface area contributed by atoms with E-state index in [1.54, 1.807) is 7.05 Å². The van der Waals surface area contributed by atoms with Gasteiger partial charge in [0.25, 0.3) is 0 Å². The Morgan fingerprint density at radius 3 is 2.54 bits per heavy atom. The molecule has 0 aromatic rings. The molecule has 1 saturated carbocycles. The van der Waals surface area contributed by atoms with Crippen LogP contribution in [0.5, 0.6) is 0 Å². The zero-order valence-corrected chi connectivity index (χ0v) is 8.05. The van der Waals surface area contributed by atoms with Gasteiger partial charge in [0.1, 0.15) is 0 Å². The third-order valence-corrected chi connectivity index (χ3v) is 2.53. The molecule has 13 heavy (non-hydrogen) atoms. The maximum atomic E-state index is 10.9. The van der Waals surface area contributed by atoms with E-state index in [1.165, 1.54) is 0 Å². The van der Waals surface area contributed by atoms with E-state index < -0.39 is 0 Å². The minimum Gasteiger partial charge on any atom is -0.393 e. The molecule has 0 radical (unpaired) electrons. The fourth-order valence-corrected chi connectivity index (χ4v) is 1.61. The van der Waals surface area contributed by atoms with Crippen LogP contribution in [0.4, 0.5) is 0 Å². The third kappa shape index (κ3) is 3.74. The Bertz CT molecular complexity index is 165. The maximum Gasteiger partial charge on any atom is 0.233 e. The number of carbonyl (C=O) groups is 1. The largest absolute Gasteiger partial charge is 0.393 e. The number of likely N-dealkylation sites (N-methyl/N-ethyl adjacent to an activating group) is 1. The zero-order valence-electron chi connectivity index (χ0n) is 8.05. The molecule has 0 heterocycles. The topological polar surface area (TPSA) is 61.4 Å². The Kier molecular flexibility index (Phi) is 4.18. The van der Waals surface area contributed by atoms with Gasteiger partial charge in [0, 0.05) is 13.1 Å². The summed E-state index contributed by atoms with van der Waals surface area (Å²) in [6.45, 7) is 0.386. The molecule has 1 aliphatic rings. The smallest absolute Gasteiger partial charge is 0.233 e. The monoisotopic (exact) mass is 186 g/mol. The number of amides is 1. The van der Waals surface area contributed by atoms with Crippen LogP contribution in [0.2, 0.25) is 0 Å². The van der Waals surface area contributed by atoms with Crippen molar-refractivity contribution in [1.29, 1.82) is 0 Å². The Morgan fingerprint density at radius 2 is 2.00 bits per heavy atom. The van der Waals surface area contributed by atoms with E-state index in [2.05, 4.69) is 10.6 Å². The molecule has 1 amide bonds. The quantitative estimate of drug-likeness (QED) is 0.563. The second kappa shape index (κ2) is 5.19. The van der Waals surface area contributed by atoms with Crippen LogP contribution >= 0.6 is 0 Å². The van der Waals surface area contributed by atoms with Gasteiger partial charge in [0.15, 0.2) is 0 Å². The summed E-state index contributed by atoms with van der Waals surface area (Å²) in [4.78, 5) is 10.9. The number of aliphatic hydroxyl groups excluding tert-OH is 1. The van der Waals surface area contributed by atoms with Crippen LogP contribution in [0.15, 0.2) is 0 Å². The highest BCUT2D eigenvalue weighted by molar-refractivity contribution is 5.77. The van der Waals surface area contributed by atoms with Gasteiger partial charge in [-0.05, 0) is 25.7 Å². The SMILES string of the molecule is CNC(=O)CNC1CCC(O)CC1. The Hall–Kier alpha value is -0.610. The van der Waals surface area contributed by atoms with Crippen LogP contribution < -0.4 is 10.6 Å². The third-order valence-electron chi connectivity index (χ3n) is 2.53. The second-order valence-electron chi connectivity index (χ2n) is 3.56. The van der Waals surface area contributed by atoms with Crippen molar-refractivity contribution in [2.24, 2.45) is 0 Å². The lowest BCUT2D eigenvalue weighted by atomic mass is 9.93. The molecular formula is C9H18N2O2. The predicted molar refractivity (Wildman–Crippen MR) is 50.3 cm³/mol. The number of rotatable bonds is 3.